The highest BCUT2D eigenvalue weighted by atomic mass is 14.5. The lowest BCUT2D eigenvalue weighted by Gasteiger charge is -2.24. The van der Waals surface area contributed by atoms with E-state index >= 15 is 0 Å². The van der Waals surface area contributed by atoms with Gasteiger partial charge in [0.05, 0.1) is 0 Å². The van der Waals surface area contributed by atoms with Crippen LogP contribution in [0.1, 0.15) is 51.7 Å². The molecule has 0 saturated heterocycles. The van der Waals surface area contributed by atoms with Gasteiger partial charge in [-0.25, -0.2) is 0 Å². The molecule has 0 bridgehead atoms. The molecule has 0 saturated carbocycles. The third-order valence-corrected chi connectivity index (χ3v) is 3.84. The molecule has 0 aliphatic heterocycles. The van der Waals surface area contributed by atoms with E-state index in [1.165, 1.54) is 17.5 Å². The van der Waals surface area contributed by atoms with Crippen LogP contribution in [0.2, 0.25) is 0 Å². The largest absolute Gasteiger partial charge is 0.330 e. The van der Waals surface area contributed by atoms with Crippen LogP contribution in [0.5, 0.6) is 0 Å². The van der Waals surface area contributed by atoms with Crippen molar-refractivity contribution in [2.75, 3.05) is 6.54 Å². The van der Waals surface area contributed by atoms with Crippen LogP contribution in [-0.4, -0.2) is 6.54 Å². The maximum Gasteiger partial charge on any atom is -0.00746 e. The molecule has 1 nitrogen and oxygen atoms in total. The van der Waals surface area contributed by atoms with Crippen LogP contribution in [-0.2, 0) is 11.8 Å². The smallest absolute Gasteiger partial charge is 0.00746 e. The van der Waals surface area contributed by atoms with Gasteiger partial charge >= 0.3 is 0 Å². The van der Waals surface area contributed by atoms with Gasteiger partial charge in [0.25, 0.3) is 0 Å². The minimum atomic E-state index is 0.285. The normalized spacial score (nSPS) is 13.7. The Hall–Kier alpha value is -0.820. The van der Waals surface area contributed by atoms with Gasteiger partial charge in [-0.1, -0.05) is 52.0 Å². The molecule has 0 aliphatic rings. The van der Waals surface area contributed by atoms with Crippen molar-refractivity contribution in [1.82, 2.24) is 0 Å². The molecule has 0 aliphatic carbocycles. The molecule has 17 heavy (non-hydrogen) atoms. The Kier molecular flexibility index (Phi) is 5.20. The molecular weight excluding hydrogens is 206 g/mol. The lowest BCUT2D eigenvalue weighted by Crippen LogP contribution is -2.16. The summed E-state index contributed by atoms with van der Waals surface area (Å²) in [7, 11) is 0. The molecule has 1 aromatic carbocycles. The molecule has 0 aromatic heterocycles. The average molecular weight is 233 g/mol. The second kappa shape index (κ2) is 6.20. The molecule has 0 amide bonds. The Morgan fingerprint density at radius 1 is 1.29 bits per heavy atom. The van der Waals surface area contributed by atoms with Crippen LogP contribution in [0, 0.1) is 5.92 Å². The number of benzene rings is 1. The van der Waals surface area contributed by atoms with E-state index in [1.54, 1.807) is 0 Å². The van der Waals surface area contributed by atoms with Gasteiger partial charge in [0.15, 0.2) is 0 Å². The highest BCUT2D eigenvalue weighted by Gasteiger charge is 2.18. The average Bonchev–Trinajstić information content (AvgIpc) is 2.29. The molecular formula is C16H27N. The SMILES string of the molecule is CCC(C)(C)c1cccc(CC(C)CCN)c1. The highest BCUT2D eigenvalue weighted by Crippen LogP contribution is 2.27. The van der Waals surface area contributed by atoms with Gasteiger partial charge in [0, 0.05) is 0 Å². The van der Waals surface area contributed by atoms with E-state index in [0.717, 1.165) is 19.4 Å². The monoisotopic (exact) mass is 233 g/mol. The van der Waals surface area contributed by atoms with Gasteiger partial charge < -0.3 is 5.73 Å². The molecule has 1 atom stereocenters. The molecule has 0 radical (unpaired) electrons. The fourth-order valence-corrected chi connectivity index (χ4v) is 2.11. The van der Waals surface area contributed by atoms with Gasteiger partial charge in [-0.05, 0) is 48.3 Å². The maximum absolute atomic E-state index is 5.60. The molecule has 2 N–H and O–H groups in total. The lowest BCUT2D eigenvalue weighted by atomic mass is 9.81. The van der Waals surface area contributed by atoms with Crippen LogP contribution in [0.15, 0.2) is 24.3 Å². The first-order chi connectivity index (χ1) is 7.99. The predicted molar refractivity (Wildman–Crippen MR) is 76.3 cm³/mol. The zero-order chi connectivity index (χ0) is 12.9. The highest BCUT2D eigenvalue weighted by molar-refractivity contribution is 5.29. The van der Waals surface area contributed by atoms with Crippen molar-refractivity contribution in [2.45, 2.75) is 52.4 Å². The quantitative estimate of drug-likeness (QED) is 0.792. The molecule has 1 unspecified atom stereocenters. The molecule has 96 valence electrons. The first-order valence-corrected chi connectivity index (χ1v) is 6.79. The number of nitrogens with two attached hydrogens (primary N) is 1. The molecule has 0 fully saturated rings. The summed E-state index contributed by atoms with van der Waals surface area (Å²) in [5, 5.41) is 0. The van der Waals surface area contributed by atoms with E-state index in [0.29, 0.717) is 5.92 Å². The molecule has 1 aromatic rings. The maximum atomic E-state index is 5.60. The first-order valence-electron chi connectivity index (χ1n) is 6.79. The Bertz CT molecular complexity index is 341. The molecule has 1 rings (SSSR count). The zero-order valence-corrected chi connectivity index (χ0v) is 11.8. The van der Waals surface area contributed by atoms with Crippen LogP contribution in [0.25, 0.3) is 0 Å². The minimum Gasteiger partial charge on any atom is -0.330 e. The van der Waals surface area contributed by atoms with Gasteiger partial charge in [0.1, 0.15) is 0 Å². The second-order valence-corrected chi connectivity index (χ2v) is 5.82. The van der Waals surface area contributed by atoms with E-state index < -0.39 is 0 Å². The standard InChI is InChI=1S/C16H27N/c1-5-16(3,4)15-8-6-7-14(12-15)11-13(2)9-10-17/h6-8,12-13H,5,9-11,17H2,1-4H3. The number of hydrogen-bond acceptors (Lipinski definition) is 1. The first kappa shape index (κ1) is 14.2. The summed E-state index contributed by atoms with van der Waals surface area (Å²) in [4.78, 5) is 0. The van der Waals surface area contributed by atoms with Crippen molar-refractivity contribution in [3.63, 3.8) is 0 Å². The van der Waals surface area contributed by atoms with Gasteiger partial charge in [0.2, 0.25) is 0 Å². The minimum absolute atomic E-state index is 0.285. The van der Waals surface area contributed by atoms with E-state index in [4.69, 9.17) is 5.73 Å². The Morgan fingerprint density at radius 3 is 2.59 bits per heavy atom. The molecule has 0 spiro atoms. The fourth-order valence-electron chi connectivity index (χ4n) is 2.11. The van der Waals surface area contributed by atoms with E-state index in [-0.39, 0.29) is 5.41 Å². The van der Waals surface area contributed by atoms with Crippen molar-refractivity contribution in [3.8, 4) is 0 Å². The van der Waals surface area contributed by atoms with Gasteiger partial charge in [-0.3, -0.25) is 0 Å². The number of hydrogen-bond donors (Lipinski definition) is 1. The molecule has 0 heterocycles. The topological polar surface area (TPSA) is 26.0 Å². The summed E-state index contributed by atoms with van der Waals surface area (Å²) in [6.45, 7) is 9.96. The second-order valence-electron chi connectivity index (χ2n) is 5.82. The van der Waals surface area contributed by atoms with Crippen LogP contribution in [0.3, 0.4) is 0 Å². The summed E-state index contributed by atoms with van der Waals surface area (Å²) >= 11 is 0. The van der Waals surface area contributed by atoms with Gasteiger partial charge in [-0.2, -0.15) is 0 Å². The number of rotatable bonds is 6. The third kappa shape index (κ3) is 4.16. The van der Waals surface area contributed by atoms with E-state index in [2.05, 4.69) is 52.0 Å². The van der Waals surface area contributed by atoms with Crippen molar-refractivity contribution in [1.29, 1.82) is 0 Å². The summed E-state index contributed by atoms with van der Waals surface area (Å²) in [5.74, 6) is 0.681. The fraction of sp³-hybridized carbons (Fsp3) is 0.625. The predicted octanol–water partition coefficient (Wildman–Crippen LogP) is 3.90. The summed E-state index contributed by atoms with van der Waals surface area (Å²) in [6.07, 6.45) is 3.43. The van der Waals surface area contributed by atoms with Crippen molar-refractivity contribution < 1.29 is 0 Å². The lowest BCUT2D eigenvalue weighted by molar-refractivity contribution is 0.502. The Morgan fingerprint density at radius 2 is 2.00 bits per heavy atom. The van der Waals surface area contributed by atoms with Crippen molar-refractivity contribution >= 4 is 0 Å². The van der Waals surface area contributed by atoms with Gasteiger partial charge in [-0.15, -0.1) is 0 Å². The summed E-state index contributed by atoms with van der Waals surface area (Å²) in [6, 6.07) is 9.05. The Balaban J connectivity index is 2.79. The zero-order valence-electron chi connectivity index (χ0n) is 11.8. The van der Waals surface area contributed by atoms with Crippen LogP contribution < -0.4 is 5.73 Å². The molecule has 1 heteroatoms. The van der Waals surface area contributed by atoms with Crippen molar-refractivity contribution in [2.24, 2.45) is 11.7 Å². The third-order valence-electron chi connectivity index (χ3n) is 3.84. The van der Waals surface area contributed by atoms with Crippen LogP contribution in [0.4, 0.5) is 0 Å². The summed E-state index contributed by atoms with van der Waals surface area (Å²) in [5.41, 5.74) is 8.79. The van der Waals surface area contributed by atoms with Crippen LogP contribution >= 0.6 is 0 Å². The van der Waals surface area contributed by atoms with E-state index in [1.807, 2.05) is 0 Å². The summed E-state index contributed by atoms with van der Waals surface area (Å²) < 4.78 is 0. The van der Waals surface area contributed by atoms with E-state index in [9.17, 15) is 0 Å². The van der Waals surface area contributed by atoms with Crippen molar-refractivity contribution in [3.05, 3.63) is 35.4 Å². The Labute approximate surface area is 106 Å².